The van der Waals surface area contributed by atoms with Crippen molar-refractivity contribution in [1.29, 1.82) is 0 Å². The predicted molar refractivity (Wildman–Crippen MR) is 136 cm³/mol. The zero-order chi connectivity index (χ0) is 24.5. The number of aromatic amines is 1. The van der Waals surface area contributed by atoms with Gasteiger partial charge in [-0.25, -0.2) is 13.8 Å². The molecule has 2 aromatic heterocycles. The molecule has 0 atom stereocenters. The first-order valence-corrected chi connectivity index (χ1v) is 11.4. The normalized spacial score (nSPS) is 11.5. The van der Waals surface area contributed by atoms with Crippen LogP contribution in [0, 0.1) is 11.6 Å². The number of hydrogen-bond donors (Lipinski definition) is 2. The minimum absolute atomic E-state index is 0.116. The van der Waals surface area contributed by atoms with E-state index in [-0.39, 0.29) is 12.5 Å². The van der Waals surface area contributed by atoms with Crippen LogP contribution in [0.4, 0.5) is 8.78 Å². The molecule has 0 spiro atoms. The fourth-order valence-electron chi connectivity index (χ4n) is 3.91. The van der Waals surface area contributed by atoms with Crippen LogP contribution in [0.2, 0.25) is 10.0 Å². The maximum atomic E-state index is 14.0. The van der Waals surface area contributed by atoms with Crippen molar-refractivity contribution < 1.29 is 13.6 Å². The standard InChI is InChI=1S/C27H17Cl2F2N3O/c28-22-7-5-15(9-23(22)29)6-8-25(35)32-14-19-13-21-20-3-1-2-4-24(20)34-27(21)26(33-19)16-10-17(30)12-18(31)11-16/h1-13,34H,14H2,(H,32,35)/b8-6+. The van der Waals surface area contributed by atoms with Gasteiger partial charge in [-0.15, -0.1) is 0 Å². The number of nitrogens with zero attached hydrogens (tertiary/aromatic N) is 1. The Morgan fingerprint density at radius 2 is 1.71 bits per heavy atom. The summed E-state index contributed by atoms with van der Waals surface area (Å²) in [6.45, 7) is 0.116. The number of aromatic nitrogens is 2. The van der Waals surface area contributed by atoms with Crippen molar-refractivity contribution in [2.45, 2.75) is 6.54 Å². The lowest BCUT2D eigenvalue weighted by Crippen LogP contribution is -2.21. The van der Waals surface area contributed by atoms with E-state index >= 15 is 0 Å². The molecule has 1 amide bonds. The van der Waals surface area contributed by atoms with Crippen molar-refractivity contribution >= 4 is 57.0 Å². The van der Waals surface area contributed by atoms with Gasteiger partial charge in [-0.1, -0.05) is 47.5 Å². The highest BCUT2D eigenvalue weighted by molar-refractivity contribution is 6.42. The van der Waals surface area contributed by atoms with Crippen LogP contribution in [0.25, 0.3) is 39.1 Å². The molecule has 2 heterocycles. The van der Waals surface area contributed by atoms with Gasteiger partial charge in [-0.05, 0) is 48.0 Å². The number of fused-ring (bicyclic) bond motifs is 3. The summed E-state index contributed by atoms with van der Waals surface area (Å²) in [6, 6.07) is 17.9. The van der Waals surface area contributed by atoms with Crippen molar-refractivity contribution in [3.05, 3.63) is 106 Å². The number of benzene rings is 3. The Kier molecular flexibility index (Phi) is 6.24. The largest absolute Gasteiger partial charge is 0.353 e. The topological polar surface area (TPSA) is 57.8 Å². The second-order valence-electron chi connectivity index (χ2n) is 7.94. The first-order chi connectivity index (χ1) is 16.9. The SMILES string of the molecule is O=C(/C=C/c1ccc(Cl)c(Cl)c1)NCc1cc2c([nH]c3ccccc32)c(-c2cc(F)cc(F)c2)n1. The van der Waals surface area contributed by atoms with Gasteiger partial charge in [0.1, 0.15) is 11.6 Å². The predicted octanol–water partition coefficient (Wildman–Crippen LogP) is 7.30. The van der Waals surface area contributed by atoms with E-state index < -0.39 is 11.6 Å². The van der Waals surface area contributed by atoms with Gasteiger partial charge in [0.05, 0.1) is 33.5 Å². The van der Waals surface area contributed by atoms with E-state index in [9.17, 15) is 13.6 Å². The molecule has 8 heteroatoms. The highest BCUT2D eigenvalue weighted by Gasteiger charge is 2.15. The van der Waals surface area contributed by atoms with E-state index in [2.05, 4.69) is 15.3 Å². The van der Waals surface area contributed by atoms with Gasteiger partial charge in [-0.2, -0.15) is 0 Å². The first kappa shape index (κ1) is 23.0. The summed E-state index contributed by atoms with van der Waals surface area (Å²) in [5, 5.41) is 5.40. The molecule has 0 saturated carbocycles. The molecule has 0 aliphatic rings. The quantitative estimate of drug-likeness (QED) is 0.245. The van der Waals surface area contributed by atoms with E-state index in [4.69, 9.17) is 23.2 Å². The summed E-state index contributed by atoms with van der Waals surface area (Å²) >= 11 is 11.9. The lowest BCUT2D eigenvalue weighted by Gasteiger charge is -2.09. The van der Waals surface area contributed by atoms with Crippen LogP contribution in [-0.2, 0) is 11.3 Å². The molecule has 0 aliphatic heterocycles. The second kappa shape index (κ2) is 9.49. The Hall–Kier alpha value is -3.74. The number of carbonyl (C=O) groups is 1. The number of para-hydroxylation sites is 1. The number of rotatable bonds is 5. The highest BCUT2D eigenvalue weighted by Crippen LogP contribution is 2.33. The number of halogens is 4. The first-order valence-electron chi connectivity index (χ1n) is 10.6. The molecule has 3 aromatic carbocycles. The fourth-order valence-corrected chi connectivity index (χ4v) is 4.22. The number of amides is 1. The molecular formula is C27H17Cl2F2N3O. The minimum Gasteiger partial charge on any atom is -0.353 e. The molecule has 0 fully saturated rings. The van der Waals surface area contributed by atoms with Crippen LogP contribution < -0.4 is 5.32 Å². The van der Waals surface area contributed by atoms with E-state index in [1.165, 1.54) is 18.2 Å². The maximum Gasteiger partial charge on any atom is 0.244 e. The summed E-state index contributed by atoms with van der Waals surface area (Å²) in [5.74, 6) is -1.73. The molecule has 4 nitrogen and oxygen atoms in total. The molecule has 5 aromatic rings. The van der Waals surface area contributed by atoms with Crippen LogP contribution in [0.15, 0.2) is 72.8 Å². The fraction of sp³-hybridized carbons (Fsp3) is 0.0370. The molecule has 5 rings (SSSR count). The average Bonchev–Trinajstić information content (AvgIpc) is 3.21. The van der Waals surface area contributed by atoms with Crippen molar-refractivity contribution in [1.82, 2.24) is 15.3 Å². The van der Waals surface area contributed by atoms with Gasteiger partial charge in [0, 0.05) is 34.0 Å². The van der Waals surface area contributed by atoms with Crippen molar-refractivity contribution in [2.75, 3.05) is 0 Å². The number of pyridine rings is 1. The second-order valence-corrected chi connectivity index (χ2v) is 8.75. The molecule has 0 radical (unpaired) electrons. The zero-order valence-electron chi connectivity index (χ0n) is 18.1. The Morgan fingerprint density at radius 3 is 2.49 bits per heavy atom. The van der Waals surface area contributed by atoms with Gasteiger partial charge >= 0.3 is 0 Å². The van der Waals surface area contributed by atoms with E-state index in [1.807, 2.05) is 30.3 Å². The van der Waals surface area contributed by atoms with Crippen molar-refractivity contribution in [2.24, 2.45) is 0 Å². The molecule has 174 valence electrons. The van der Waals surface area contributed by atoms with Gasteiger partial charge < -0.3 is 10.3 Å². The number of carbonyl (C=O) groups excluding carboxylic acids is 1. The van der Waals surface area contributed by atoms with Crippen molar-refractivity contribution in [3.63, 3.8) is 0 Å². The third kappa shape index (κ3) is 4.90. The van der Waals surface area contributed by atoms with Crippen LogP contribution in [0.5, 0.6) is 0 Å². The van der Waals surface area contributed by atoms with E-state index in [0.717, 1.165) is 27.9 Å². The zero-order valence-corrected chi connectivity index (χ0v) is 19.6. The lowest BCUT2D eigenvalue weighted by atomic mass is 10.1. The molecular weight excluding hydrogens is 491 g/mol. The summed E-state index contributed by atoms with van der Waals surface area (Å²) in [4.78, 5) is 20.3. The van der Waals surface area contributed by atoms with Crippen LogP contribution in [0.1, 0.15) is 11.3 Å². The van der Waals surface area contributed by atoms with Gasteiger partial charge in [0.15, 0.2) is 0 Å². The smallest absolute Gasteiger partial charge is 0.244 e. The molecule has 0 unspecified atom stereocenters. The Bertz CT molecular complexity index is 1610. The molecule has 0 aliphatic carbocycles. The third-order valence-corrected chi connectivity index (χ3v) is 6.24. The van der Waals surface area contributed by atoms with Gasteiger partial charge in [-0.3, -0.25) is 4.79 Å². The van der Waals surface area contributed by atoms with E-state index in [1.54, 1.807) is 24.3 Å². The third-order valence-electron chi connectivity index (χ3n) is 5.50. The minimum atomic E-state index is -0.697. The molecule has 0 saturated heterocycles. The Morgan fingerprint density at radius 1 is 0.943 bits per heavy atom. The summed E-state index contributed by atoms with van der Waals surface area (Å²) in [7, 11) is 0. The lowest BCUT2D eigenvalue weighted by molar-refractivity contribution is -0.116. The van der Waals surface area contributed by atoms with E-state index in [0.29, 0.717) is 32.5 Å². The number of hydrogen-bond acceptors (Lipinski definition) is 2. The highest BCUT2D eigenvalue weighted by atomic mass is 35.5. The van der Waals surface area contributed by atoms with Crippen LogP contribution in [-0.4, -0.2) is 15.9 Å². The van der Waals surface area contributed by atoms with Gasteiger partial charge in [0.25, 0.3) is 0 Å². The molecule has 2 N–H and O–H groups in total. The average molecular weight is 508 g/mol. The summed E-state index contributed by atoms with van der Waals surface area (Å²) in [5.41, 5.74) is 3.49. The summed E-state index contributed by atoms with van der Waals surface area (Å²) in [6.07, 6.45) is 3.00. The molecule has 0 bridgehead atoms. The van der Waals surface area contributed by atoms with Crippen molar-refractivity contribution in [3.8, 4) is 11.3 Å². The Balaban J connectivity index is 1.48. The van der Waals surface area contributed by atoms with Crippen LogP contribution in [0.3, 0.4) is 0 Å². The number of nitrogens with one attached hydrogen (secondary N) is 2. The number of H-pyrrole nitrogens is 1. The molecule has 35 heavy (non-hydrogen) atoms. The summed E-state index contributed by atoms with van der Waals surface area (Å²) < 4.78 is 28.0. The maximum absolute atomic E-state index is 14.0. The van der Waals surface area contributed by atoms with Gasteiger partial charge in [0.2, 0.25) is 5.91 Å². The monoisotopic (exact) mass is 507 g/mol. The Labute approximate surface area is 209 Å². The van der Waals surface area contributed by atoms with Crippen LogP contribution >= 0.6 is 23.2 Å².